The summed E-state index contributed by atoms with van der Waals surface area (Å²) in [7, 11) is -6.47. The Morgan fingerprint density at radius 1 is 1.19 bits per heavy atom. The molecule has 0 N–H and O–H groups in total. The van der Waals surface area contributed by atoms with Gasteiger partial charge >= 0.3 is 0 Å². The predicted octanol–water partition coefficient (Wildman–Crippen LogP) is 0.307. The maximum absolute atomic E-state index is 11.6. The van der Waals surface area contributed by atoms with Crippen LogP contribution in [0.3, 0.4) is 0 Å². The minimum absolute atomic E-state index is 0.0183. The van der Waals surface area contributed by atoms with Gasteiger partial charge in [-0.15, -0.1) is 0 Å². The number of benzene rings is 1. The molecule has 0 bridgehead atoms. The fourth-order valence-electron chi connectivity index (χ4n) is 3.54. The zero-order valence-electron chi connectivity index (χ0n) is 14.4. The summed E-state index contributed by atoms with van der Waals surface area (Å²) < 4.78 is 46.6. The van der Waals surface area contributed by atoms with Gasteiger partial charge in [0.1, 0.15) is 5.69 Å². The number of piperazine rings is 1. The minimum atomic E-state index is -3.53. The number of hydrogen-bond donors (Lipinski definition) is 0. The van der Waals surface area contributed by atoms with Crippen molar-refractivity contribution in [3.63, 3.8) is 0 Å². The average Bonchev–Trinajstić information content (AvgIpc) is 2.93. The molecule has 11 heteroatoms. The van der Waals surface area contributed by atoms with Crippen LogP contribution in [-0.4, -0.2) is 76.6 Å². The molecule has 1 atom stereocenters. The minimum Gasteiger partial charge on any atom is -0.363 e. The Hall–Kier alpha value is -1.72. The molecular weight excluding hydrogens is 382 g/mol. The highest BCUT2D eigenvalue weighted by Gasteiger charge is 2.34. The number of nitrogens with zero attached hydrogens (tertiary/aromatic N) is 3. The van der Waals surface area contributed by atoms with Crippen LogP contribution in [0.15, 0.2) is 23.1 Å². The van der Waals surface area contributed by atoms with Crippen LogP contribution in [0.4, 0.5) is 11.4 Å². The molecule has 0 saturated carbocycles. The molecule has 0 aliphatic carbocycles. The molecule has 2 fully saturated rings. The fourth-order valence-corrected chi connectivity index (χ4v) is 5.94. The molecule has 0 spiro atoms. The third-order valence-electron chi connectivity index (χ3n) is 4.95. The van der Waals surface area contributed by atoms with Crippen molar-refractivity contribution in [3.05, 3.63) is 28.3 Å². The van der Waals surface area contributed by atoms with E-state index in [9.17, 15) is 26.9 Å². The van der Waals surface area contributed by atoms with Gasteiger partial charge in [-0.3, -0.25) is 15.0 Å². The number of hydrogen-bond acceptors (Lipinski definition) is 8. The molecule has 144 valence electrons. The Balaban J connectivity index is 1.76. The smallest absolute Gasteiger partial charge is 0.293 e. The molecule has 1 unspecified atom stereocenters. The van der Waals surface area contributed by atoms with E-state index in [1.165, 1.54) is 12.1 Å². The van der Waals surface area contributed by atoms with Crippen LogP contribution in [0.5, 0.6) is 0 Å². The van der Waals surface area contributed by atoms with Gasteiger partial charge < -0.3 is 4.90 Å². The maximum atomic E-state index is 11.6. The van der Waals surface area contributed by atoms with E-state index in [4.69, 9.17) is 0 Å². The first-order valence-corrected chi connectivity index (χ1v) is 12.0. The van der Waals surface area contributed by atoms with Crippen molar-refractivity contribution in [2.45, 2.75) is 17.4 Å². The number of anilines is 1. The normalized spacial score (nSPS) is 23.9. The molecule has 2 aliphatic heterocycles. The topological polar surface area (TPSA) is 118 Å². The molecule has 0 radical (unpaired) electrons. The first kappa shape index (κ1) is 19.1. The summed E-state index contributed by atoms with van der Waals surface area (Å²) in [5.41, 5.74) is 0.158. The van der Waals surface area contributed by atoms with Crippen LogP contribution in [0.1, 0.15) is 6.42 Å². The van der Waals surface area contributed by atoms with Gasteiger partial charge in [0.05, 0.1) is 21.3 Å². The van der Waals surface area contributed by atoms with E-state index in [2.05, 4.69) is 4.90 Å². The maximum Gasteiger partial charge on any atom is 0.293 e. The van der Waals surface area contributed by atoms with Gasteiger partial charge in [-0.05, 0) is 18.6 Å². The Morgan fingerprint density at radius 3 is 2.35 bits per heavy atom. The Morgan fingerprint density at radius 2 is 1.85 bits per heavy atom. The summed E-state index contributed by atoms with van der Waals surface area (Å²) in [6, 6.07) is 3.98. The summed E-state index contributed by atoms with van der Waals surface area (Å²) in [6.07, 6.45) is 1.64. The summed E-state index contributed by atoms with van der Waals surface area (Å²) in [5, 5.41) is 11.4. The number of rotatable bonds is 4. The molecule has 9 nitrogen and oxygen atoms in total. The number of nitro benzene ring substituents is 1. The molecule has 3 rings (SSSR count). The number of nitro groups is 1. The molecule has 1 aromatic carbocycles. The van der Waals surface area contributed by atoms with E-state index in [0.717, 1.165) is 12.3 Å². The zero-order valence-corrected chi connectivity index (χ0v) is 16.0. The van der Waals surface area contributed by atoms with Gasteiger partial charge in [0, 0.05) is 44.5 Å². The lowest BCUT2D eigenvalue weighted by Crippen LogP contribution is -2.50. The monoisotopic (exact) mass is 403 g/mol. The lowest BCUT2D eigenvalue weighted by atomic mass is 10.1. The van der Waals surface area contributed by atoms with Crippen LogP contribution in [0.2, 0.25) is 0 Å². The van der Waals surface area contributed by atoms with Crippen molar-refractivity contribution in [1.82, 2.24) is 4.90 Å². The van der Waals surface area contributed by atoms with Gasteiger partial charge in [-0.25, -0.2) is 16.8 Å². The van der Waals surface area contributed by atoms with Crippen LogP contribution >= 0.6 is 0 Å². The predicted molar refractivity (Wildman–Crippen MR) is 97.1 cm³/mol. The lowest BCUT2D eigenvalue weighted by Gasteiger charge is -2.38. The van der Waals surface area contributed by atoms with Gasteiger partial charge in [0.25, 0.3) is 5.69 Å². The van der Waals surface area contributed by atoms with Crippen LogP contribution in [0, 0.1) is 10.1 Å². The Bertz CT molecular complexity index is 921. The van der Waals surface area contributed by atoms with Crippen molar-refractivity contribution in [2.75, 3.05) is 48.8 Å². The van der Waals surface area contributed by atoms with Gasteiger partial charge in [-0.2, -0.15) is 0 Å². The van der Waals surface area contributed by atoms with Gasteiger partial charge in [0.2, 0.25) is 0 Å². The summed E-state index contributed by atoms with van der Waals surface area (Å²) in [4.78, 5) is 14.7. The third-order valence-corrected chi connectivity index (χ3v) is 7.81. The number of sulfone groups is 2. The molecule has 0 aromatic heterocycles. The largest absolute Gasteiger partial charge is 0.363 e. The second-order valence-electron chi connectivity index (χ2n) is 6.76. The molecule has 0 amide bonds. The first-order valence-electron chi connectivity index (χ1n) is 8.25. The standard InChI is InChI=1S/C15H21N3O6S2/c1-25(21,22)13-2-3-14(15(10-13)18(19)20)17-7-5-16(6-8-17)12-4-9-26(23,24)11-12/h2-3,10,12H,4-9,11H2,1H3. The van der Waals surface area contributed by atoms with Crippen molar-refractivity contribution in [2.24, 2.45) is 0 Å². The summed E-state index contributed by atoms with van der Waals surface area (Å²) in [5.74, 6) is 0.395. The van der Waals surface area contributed by atoms with Crippen LogP contribution < -0.4 is 4.90 Å². The second kappa shape index (κ2) is 6.78. The highest BCUT2D eigenvalue weighted by atomic mass is 32.2. The second-order valence-corrected chi connectivity index (χ2v) is 11.0. The van der Waals surface area contributed by atoms with Crippen LogP contribution in [-0.2, 0) is 19.7 Å². The average molecular weight is 403 g/mol. The molecular formula is C15H21N3O6S2. The van der Waals surface area contributed by atoms with E-state index in [1.54, 1.807) is 0 Å². The van der Waals surface area contributed by atoms with E-state index in [-0.39, 0.29) is 28.1 Å². The Labute approximate surface area is 152 Å². The van der Waals surface area contributed by atoms with Crippen molar-refractivity contribution < 1.29 is 21.8 Å². The lowest BCUT2D eigenvalue weighted by molar-refractivity contribution is -0.384. The molecule has 2 aliphatic rings. The van der Waals surface area contributed by atoms with Crippen LogP contribution in [0.25, 0.3) is 0 Å². The molecule has 2 saturated heterocycles. The quantitative estimate of drug-likeness (QED) is 0.521. The van der Waals surface area contributed by atoms with E-state index >= 15 is 0 Å². The first-order chi connectivity index (χ1) is 12.1. The van der Waals surface area contributed by atoms with Gasteiger partial charge in [0.15, 0.2) is 19.7 Å². The summed E-state index contributed by atoms with van der Waals surface area (Å²) >= 11 is 0. The van der Waals surface area contributed by atoms with E-state index in [1.807, 2.05) is 4.90 Å². The molecule has 26 heavy (non-hydrogen) atoms. The highest BCUT2D eigenvalue weighted by molar-refractivity contribution is 7.91. The van der Waals surface area contributed by atoms with E-state index < -0.39 is 24.6 Å². The fraction of sp³-hybridized carbons (Fsp3) is 0.600. The highest BCUT2D eigenvalue weighted by Crippen LogP contribution is 2.32. The SMILES string of the molecule is CS(=O)(=O)c1ccc(N2CCN(C3CCS(=O)(=O)C3)CC2)c([N+](=O)[O-])c1. The summed E-state index contributed by atoms with van der Waals surface area (Å²) in [6.45, 7) is 2.28. The molecule has 1 aromatic rings. The third kappa shape index (κ3) is 3.99. The molecule has 2 heterocycles. The Kier molecular flexibility index (Phi) is 4.97. The van der Waals surface area contributed by atoms with Crippen molar-refractivity contribution >= 4 is 31.0 Å². The zero-order chi connectivity index (χ0) is 19.1. The van der Waals surface area contributed by atoms with Crippen molar-refractivity contribution in [3.8, 4) is 0 Å². The van der Waals surface area contributed by atoms with E-state index in [0.29, 0.717) is 38.3 Å². The van der Waals surface area contributed by atoms with Gasteiger partial charge in [-0.1, -0.05) is 0 Å². The van der Waals surface area contributed by atoms with Crippen molar-refractivity contribution in [1.29, 1.82) is 0 Å².